The van der Waals surface area contributed by atoms with Gasteiger partial charge in [0.25, 0.3) is 5.91 Å². The molecule has 2 aromatic carbocycles. The van der Waals surface area contributed by atoms with E-state index in [2.05, 4.69) is 5.32 Å². The van der Waals surface area contributed by atoms with E-state index in [1.54, 1.807) is 42.5 Å². The zero-order valence-corrected chi connectivity index (χ0v) is 20.9. The maximum absolute atomic E-state index is 13.3. The SMILES string of the molecule is CC[C@@H](C(=O)NC1CCCCC1)N(Cc1c(Cl)cccc1Cl)C(=O)COc1ccc(Cl)cc1. The molecule has 0 spiro atoms. The summed E-state index contributed by atoms with van der Waals surface area (Å²) in [7, 11) is 0. The largest absolute Gasteiger partial charge is 0.484 e. The summed E-state index contributed by atoms with van der Waals surface area (Å²) in [6.45, 7) is 1.77. The van der Waals surface area contributed by atoms with Crippen molar-refractivity contribution in [1.29, 1.82) is 0 Å². The van der Waals surface area contributed by atoms with Crippen LogP contribution in [-0.2, 0) is 16.1 Å². The number of hydrogen-bond donors (Lipinski definition) is 1. The molecule has 1 aliphatic rings. The van der Waals surface area contributed by atoms with Gasteiger partial charge >= 0.3 is 0 Å². The Morgan fingerprint density at radius 3 is 2.27 bits per heavy atom. The Labute approximate surface area is 210 Å². The highest BCUT2D eigenvalue weighted by Crippen LogP contribution is 2.27. The first kappa shape index (κ1) is 25.7. The standard InChI is InChI=1S/C25H29Cl3N2O3/c1-2-23(25(32)29-18-7-4-3-5-8-18)30(15-20-21(27)9-6-10-22(20)28)24(31)16-33-19-13-11-17(26)12-14-19/h6,9-14,18,23H,2-5,7-8,15-16H2,1H3,(H,29,32)/t23-/m0/s1. The summed E-state index contributed by atoms with van der Waals surface area (Å²) in [4.78, 5) is 28.1. The fourth-order valence-corrected chi connectivity index (χ4v) is 4.72. The van der Waals surface area contributed by atoms with Gasteiger partial charge < -0.3 is 15.0 Å². The minimum absolute atomic E-state index is 0.109. The smallest absolute Gasteiger partial charge is 0.261 e. The highest BCUT2D eigenvalue weighted by Gasteiger charge is 2.31. The third kappa shape index (κ3) is 7.26. The van der Waals surface area contributed by atoms with Gasteiger partial charge in [-0.2, -0.15) is 0 Å². The first-order valence-electron chi connectivity index (χ1n) is 11.3. The van der Waals surface area contributed by atoms with Crippen LogP contribution in [0.5, 0.6) is 5.75 Å². The summed E-state index contributed by atoms with van der Waals surface area (Å²) >= 11 is 18.7. The number of carbonyl (C=O) groups is 2. The van der Waals surface area contributed by atoms with Gasteiger partial charge in [0.1, 0.15) is 11.8 Å². The van der Waals surface area contributed by atoms with Crippen LogP contribution in [0.2, 0.25) is 15.1 Å². The van der Waals surface area contributed by atoms with Crippen molar-refractivity contribution in [2.24, 2.45) is 0 Å². The van der Waals surface area contributed by atoms with E-state index in [4.69, 9.17) is 39.5 Å². The average molecular weight is 512 g/mol. The minimum Gasteiger partial charge on any atom is -0.484 e. The Balaban J connectivity index is 1.79. The van der Waals surface area contributed by atoms with Gasteiger partial charge in [-0.3, -0.25) is 9.59 Å². The molecule has 0 heterocycles. The Bertz CT molecular complexity index is 926. The molecule has 33 heavy (non-hydrogen) atoms. The van der Waals surface area contributed by atoms with Gasteiger partial charge in [-0.1, -0.05) is 67.1 Å². The third-order valence-electron chi connectivity index (χ3n) is 5.90. The summed E-state index contributed by atoms with van der Waals surface area (Å²) in [6.07, 6.45) is 5.79. The van der Waals surface area contributed by atoms with Gasteiger partial charge in [-0.25, -0.2) is 0 Å². The lowest BCUT2D eigenvalue weighted by molar-refractivity contribution is -0.143. The van der Waals surface area contributed by atoms with Crippen LogP contribution in [0.3, 0.4) is 0 Å². The molecular weight excluding hydrogens is 483 g/mol. The highest BCUT2D eigenvalue weighted by molar-refractivity contribution is 6.36. The van der Waals surface area contributed by atoms with Crippen molar-refractivity contribution in [2.75, 3.05) is 6.61 Å². The van der Waals surface area contributed by atoms with Crippen molar-refractivity contribution in [3.63, 3.8) is 0 Å². The van der Waals surface area contributed by atoms with E-state index >= 15 is 0 Å². The number of rotatable bonds is 9. The van der Waals surface area contributed by atoms with Crippen molar-refractivity contribution in [1.82, 2.24) is 10.2 Å². The van der Waals surface area contributed by atoms with Gasteiger partial charge in [-0.15, -0.1) is 0 Å². The Morgan fingerprint density at radius 1 is 1.03 bits per heavy atom. The Kier molecular flexibility index (Phi) is 9.72. The Hall–Kier alpha value is -1.95. The predicted molar refractivity (Wildman–Crippen MR) is 133 cm³/mol. The number of nitrogens with one attached hydrogen (secondary N) is 1. The predicted octanol–water partition coefficient (Wildman–Crippen LogP) is 6.28. The number of amides is 2. The van der Waals surface area contributed by atoms with E-state index < -0.39 is 6.04 Å². The molecule has 1 saturated carbocycles. The van der Waals surface area contributed by atoms with E-state index in [9.17, 15) is 9.59 Å². The first-order chi connectivity index (χ1) is 15.9. The highest BCUT2D eigenvalue weighted by atomic mass is 35.5. The van der Waals surface area contributed by atoms with Gasteiger partial charge in [0.05, 0.1) is 0 Å². The molecule has 2 aromatic rings. The van der Waals surface area contributed by atoms with Gasteiger partial charge in [0.2, 0.25) is 5.91 Å². The van der Waals surface area contributed by atoms with Gasteiger partial charge in [0.15, 0.2) is 6.61 Å². The zero-order valence-electron chi connectivity index (χ0n) is 18.7. The molecule has 1 N–H and O–H groups in total. The van der Waals surface area contributed by atoms with Crippen molar-refractivity contribution in [3.05, 3.63) is 63.1 Å². The summed E-state index contributed by atoms with van der Waals surface area (Å²) in [5.41, 5.74) is 0.601. The summed E-state index contributed by atoms with van der Waals surface area (Å²) < 4.78 is 5.68. The molecule has 0 aromatic heterocycles. The molecule has 178 valence electrons. The topological polar surface area (TPSA) is 58.6 Å². The fraction of sp³-hybridized carbons (Fsp3) is 0.440. The van der Waals surface area contributed by atoms with Crippen molar-refractivity contribution in [3.8, 4) is 5.75 Å². The van der Waals surface area contributed by atoms with Crippen molar-refractivity contribution in [2.45, 2.75) is 64.1 Å². The van der Waals surface area contributed by atoms with Crippen LogP contribution in [0, 0.1) is 0 Å². The lowest BCUT2D eigenvalue weighted by Crippen LogP contribution is -2.52. The fourth-order valence-electron chi connectivity index (χ4n) is 4.08. The monoisotopic (exact) mass is 510 g/mol. The molecule has 0 saturated heterocycles. The van der Waals surface area contributed by atoms with Gasteiger partial charge in [0, 0.05) is 33.2 Å². The second-order valence-corrected chi connectivity index (χ2v) is 9.48. The number of benzene rings is 2. The molecule has 0 unspecified atom stereocenters. The number of hydrogen-bond acceptors (Lipinski definition) is 3. The number of halogens is 3. The molecule has 0 radical (unpaired) electrons. The second-order valence-electron chi connectivity index (χ2n) is 8.23. The minimum atomic E-state index is -0.666. The molecule has 2 amide bonds. The molecule has 0 aliphatic heterocycles. The van der Waals surface area contributed by atoms with Crippen LogP contribution in [0.15, 0.2) is 42.5 Å². The van der Waals surface area contributed by atoms with Crippen molar-refractivity contribution < 1.29 is 14.3 Å². The quantitative estimate of drug-likeness (QED) is 0.431. The number of nitrogens with zero attached hydrogens (tertiary/aromatic N) is 1. The molecule has 5 nitrogen and oxygen atoms in total. The van der Waals surface area contributed by atoms with Crippen LogP contribution in [0.4, 0.5) is 0 Å². The first-order valence-corrected chi connectivity index (χ1v) is 12.4. The normalized spacial score (nSPS) is 15.0. The molecule has 1 atom stereocenters. The van der Waals surface area contributed by atoms with E-state index in [-0.39, 0.29) is 31.0 Å². The van der Waals surface area contributed by atoms with Crippen LogP contribution in [-0.4, -0.2) is 35.4 Å². The lowest BCUT2D eigenvalue weighted by Gasteiger charge is -2.33. The van der Waals surface area contributed by atoms with Crippen LogP contribution < -0.4 is 10.1 Å². The van der Waals surface area contributed by atoms with E-state index in [0.717, 1.165) is 25.7 Å². The Morgan fingerprint density at radius 2 is 1.67 bits per heavy atom. The van der Waals surface area contributed by atoms with Crippen molar-refractivity contribution >= 4 is 46.6 Å². The summed E-state index contributed by atoms with van der Waals surface area (Å²) in [6, 6.07) is 11.4. The third-order valence-corrected chi connectivity index (χ3v) is 6.86. The molecule has 1 fully saturated rings. The number of carbonyl (C=O) groups excluding carboxylic acids is 2. The average Bonchev–Trinajstić information content (AvgIpc) is 2.81. The molecule has 0 bridgehead atoms. The molecule has 1 aliphatic carbocycles. The maximum atomic E-state index is 13.3. The zero-order chi connectivity index (χ0) is 23.8. The van der Waals surface area contributed by atoms with Crippen LogP contribution in [0.1, 0.15) is 51.0 Å². The molecular formula is C25H29Cl3N2O3. The van der Waals surface area contributed by atoms with Crippen LogP contribution >= 0.6 is 34.8 Å². The van der Waals surface area contributed by atoms with Crippen LogP contribution in [0.25, 0.3) is 0 Å². The van der Waals surface area contributed by atoms with Gasteiger partial charge in [-0.05, 0) is 55.7 Å². The summed E-state index contributed by atoms with van der Waals surface area (Å²) in [5.74, 6) is 0.0298. The lowest BCUT2D eigenvalue weighted by atomic mass is 9.95. The van der Waals surface area contributed by atoms with E-state index in [1.165, 1.54) is 11.3 Å². The summed E-state index contributed by atoms with van der Waals surface area (Å²) in [5, 5.41) is 4.62. The molecule has 8 heteroatoms. The van der Waals surface area contributed by atoms with E-state index in [0.29, 0.717) is 32.8 Å². The maximum Gasteiger partial charge on any atom is 0.261 e. The number of ether oxygens (including phenoxy) is 1. The molecule has 3 rings (SSSR count). The second kappa shape index (κ2) is 12.5. The van der Waals surface area contributed by atoms with E-state index in [1.807, 2.05) is 6.92 Å².